The molecule has 2 saturated heterocycles. The van der Waals surface area contributed by atoms with Gasteiger partial charge in [-0.25, -0.2) is 9.97 Å². The molecule has 0 bridgehead atoms. The molecular weight excluding hydrogens is 628 g/mol. The molecule has 0 radical (unpaired) electrons. The summed E-state index contributed by atoms with van der Waals surface area (Å²) in [5.74, 6) is 3.46. The molecule has 4 aliphatic rings. The summed E-state index contributed by atoms with van der Waals surface area (Å²) in [6.07, 6.45) is 13.4. The molecule has 2 fully saturated rings. The van der Waals surface area contributed by atoms with Crippen molar-refractivity contribution in [3.63, 3.8) is 0 Å². The van der Waals surface area contributed by atoms with Crippen LogP contribution in [0.15, 0.2) is 24.3 Å². The van der Waals surface area contributed by atoms with Gasteiger partial charge in [0, 0.05) is 62.2 Å². The summed E-state index contributed by atoms with van der Waals surface area (Å²) >= 11 is 0. The summed E-state index contributed by atoms with van der Waals surface area (Å²) in [5.41, 5.74) is 4.88. The summed E-state index contributed by atoms with van der Waals surface area (Å²) in [4.78, 5) is 60.7. The fourth-order valence-corrected chi connectivity index (χ4v) is 7.74. The van der Waals surface area contributed by atoms with E-state index in [0.717, 1.165) is 127 Å². The van der Waals surface area contributed by atoms with Crippen LogP contribution in [0.25, 0.3) is 0 Å². The molecule has 6 rings (SSSR count). The highest BCUT2D eigenvalue weighted by atomic mass is 16.1. The lowest BCUT2D eigenvalue weighted by Gasteiger charge is -2.17. The second-order valence-electron chi connectivity index (χ2n) is 14.9. The topological polar surface area (TPSA) is 125 Å². The first-order valence-corrected chi connectivity index (χ1v) is 19.2. The van der Waals surface area contributed by atoms with Gasteiger partial charge in [0.05, 0.1) is 13.1 Å². The zero-order valence-electron chi connectivity index (χ0n) is 30.4. The number of likely N-dealkylation sites (tertiary alicyclic amines) is 2. The van der Waals surface area contributed by atoms with Crippen LogP contribution in [0.4, 0.5) is 11.6 Å². The Balaban J connectivity index is 0.000000194. The number of rotatable bonds is 16. The first-order chi connectivity index (χ1) is 24.2. The van der Waals surface area contributed by atoms with Gasteiger partial charge in [-0.15, -0.1) is 0 Å². The van der Waals surface area contributed by atoms with Crippen LogP contribution in [0, 0.1) is 11.8 Å². The molecule has 50 heavy (non-hydrogen) atoms. The Bertz CT molecular complexity index is 1370. The SMILES string of the molecule is CC(=O)CN1CC[C@@H](C(=O)CCCCc2ccc3c(n2)NCCC3)C1.CC(=O)CN1CC[C@H](C(=O)CCCCc2ccc3c(n2)NCCC3)C1. The highest BCUT2D eigenvalue weighted by Gasteiger charge is 2.29. The second-order valence-corrected chi connectivity index (χ2v) is 14.9. The van der Waals surface area contributed by atoms with E-state index in [4.69, 9.17) is 9.97 Å². The fraction of sp³-hybridized carbons (Fsp3) is 0.650. The number of fused-ring (bicyclic) bond motifs is 2. The molecule has 0 amide bonds. The Morgan fingerprint density at radius 2 is 1.10 bits per heavy atom. The van der Waals surface area contributed by atoms with Gasteiger partial charge in [0.2, 0.25) is 0 Å². The summed E-state index contributed by atoms with van der Waals surface area (Å²) in [6, 6.07) is 8.64. The van der Waals surface area contributed by atoms with E-state index in [0.29, 0.717) is 37.5 Å². The maximum atomic E-state index is 12.3. The molecule has 272 valence electrons. The maximum Gasteiger partial charge on any atom is 0.143 e. The molecule has 0 aliphatic carbocycles. The number of carbonyl (C=O) groups is 4. The molecule has 10 heteroatoms. The summed E-state index contributed by atoms with van der Waals surface area (Å²) in [7, 11) is 0. The van der Waals surface area contributed by atoms with E-state index < -0.39 is 0 Å². The fourth-order valence-electron chi connectivity index (χ4n) is 7.74. The minimum atomic E-state index is 0.130. The van der Waals surface area contributed by atoms with E-state index in [1.165, 1.54) is 24.0 Å². The van der Waals surface area contributed by atoms with Crippen molar-refractivity contribution in [2.24, 2.45) is 11.8 Å². The Morgan fingerprint density at radius 3 is 1.52 bits per heavy atom. The molecule has 10 nitrogen and oxygen atoms in total. The van der Waals surface area contributed by atoms with Gasteiger partial charge >= 0.3 is 0 Å². The Morgan fingerprint density at radius 1 is 0.660 bits per heavy atom. The summed E-state index contributed by atoms with van der Waals surface area (Å²) in [6.45, 7) is 9.50. The molecule has 2 aromatic heterocycles. The molecule has 0 unspecified atom stereocenters. The standard InChI is InChI=1S/2C20H29N3O2/c2*1-15(24)13-23-12-10-17(14-23)19(25)7-3-2-6-18-9-8-16-5-4-11-21-20(16)22-18/h2*8-9,17H,2-7,10-14H2,1H3,(H,21,22)/t2*17-/m10/s1. The van der Waals surface area contributed by atoms with Crippen LogP contribution < -0.4 is 10.6 Å². The molecule has 0 aromatic carbocycles. The number of hydrogen-bond donors (Lipinski definition) is 2. The average Bonchev–Trinajstić information content (AvgIpc) is 3.78. The number of ketones is 4. The van der Waals surface area contributed by atoms with Gasteiger partial charge in [-0.2, -0.15) is 0 Å². The molecule has 0 spiro atoms. The molecule has 4 aliphatic heterocycles. The van der Waals surface area contributed by atoms with Crippen molar-refractivity contribution in [1.82, 2.24) is 19.8 Å². The van der Waals surface area contributed by atoms with Crippen molar-refractivity contribution in [1.29, 1.82) is 0 Å². The van der Waals surface area contributed by atoms with E-state index in [2.05, 4.69) is 44.7 Å². The van der Waals surface area contributed by atoms with Gasteiger partial charge in [-0.1, -0.05) is 12.1 Å². The van der Waals surface area contributed by atoms with E-state index in [9.17, 15) is 19.2 Å². The van der Waals surface area contributed by atoms with Crippen molar-refractivity contribution in [2.75, 3.05) is 63.0 Å². The average molecular weight is 687 g/mol. The first-order valence-electron chi connectivity index (χ1n) is 19.2. The quantitative estimate of drug-likeness (QED) is 0.226. The van der Waals surface area contributed by atoms with Gasteiger partial charge in [0.25, 0.3) is 0 Å². The van der Waals surface area contributed by atoms with Crippen molar-refractivity contribution in [3.8, 4) is 0 Å². The van der Waals surface area contributed by atoms with Crippen LogP contribution in [0.1, 0.15) is 101 Å². The predicted molar refractivity (Wildman–Crippen MR) is 198 cm³/mol. The van der Waals surface area contributed by atoms with Gasteiger partial charge in [-0.05, 0) is 127 Å². The Labute approximate surface area is 298 Å². The number of nitrogens with zero attached hydrogens (tertiary/aromatic N) is 4. The van der Waals surface area contributed by atoms with Crippen LogP contribution in [0.2, 0.25) is 0 Å². The Kier molecular flexibility index (Phi) is 14.5. The van der Waals surface area contributed by atoms with E-state index in [1.807, 2.05) is 0 Å². The smallest absolute Gasteiger partial charge is 0.143 e. The minimum Gasteiger partial charge on any atom is -0.370 e. The minimum absolute atomic E-state index is 0.130. The Hall–Kier alpha value is -3.50. The molecule has 6 heterocycles. The molecule has 2 atom stereocenters. The molecular formula is C40H58N6O4. The van der Waals surface area contributed by atoms with E-state index >= 15 is 0 Å². The normalized spacial score (nSPS) is 20.1. The second kappa shape index (κ2) is 19.2. The van der Waals surface area contributed by atoms with Crippen molar-refractivity contribution >= 4 is 34.8 Å². The van der Waals surface area contributed by atoms with Gasteiger partial charge in [0.15, 0.2) is 0 Å². The van der Waals surface area contributed by atoms with Gasteiger partial charge in [0.1, 0.15) is 34.8 Å². The first kappa shape index (κ1) is 37.7. The zero-order valence-corrected chi connectivity index (χ0v) is 30.4. The van der Waals surface area contributed by atoms with Crippen LogP contribution in [0.5, 0.6) is 0 Å². The highest BCUT2D eigenvalue weighted by Crippen LogP contribution is 2.24. The third-order valence-electron chi connectivity index (χ3n) is 10.5. The molecule has 2 N–H and O–H groups in total. The van der Waals surface area contributed by atoms with Crippen molar-refractivity contribution in [2.45, 2.75) is 104 Å². The van der Waals surface area contributed by atoms with E-state index in [-0.39, 0.29) is 23.4 Å². The van der Waals surface area contributed by atoms with Gasteiger partial charge < -0.3 is 10.6 Å². The number of unbranched alkanes of at least 4 members (excludes halogenated alkanes) is 2. The lowest BCUT2D eigenvalue weighted by molar-refractivity contribution is -0.123. The monoisotopic (exact) mass is 686 g/mol. The highest BCUT2D eigenvalue weighted by molar-refractivity contribution is 5.82. The number of hydrogen-bond acceptors (Lipinski definition) is 10. The number of aryl methyl sites for hydroxylation is 4. The largest absolute Gasteiger partial charge is 0.370 e. The number of nitrogens with one attached hydrogen (secondary N) is 2. The summed E-state index contributed by atoms with van der Waals surface area (Å²) in [5, 5.41) is 6.74. The van der Waals surface area contributed by atoms with Crippen LogP contribution in [-0.2, 0) is 44.9 Å². The number of Topliss-reactive ketones (excluding diaryl/α,β-unsaturated/α-hetero) is 4. The van der Waals surface area contributed by atoms with Crippen LogP contribution >= 0.6 is 0 Å². The molecule has 2 aromatic rings. The third-order valence-corrected chi connectivity index (χ3v) is 10.5. The van der Waals surface area contributed by atoms with Crippen LogP contribution in [-0.4, -0.2) is 95.3 Å². The lowest BCUT2D eigenvalue weighted by Crippen LogP contribution is -2.27. The summed E-state index contributed by atoms with van der Waals surface area (Å²) < 4.78 is 0. The third kappa shape index (κ3) is 11.8. The van der Waals surface area contributed by atoms with Crippen molar-refractivity contribution in [3.05, 3.63) is 46.8 Å². The van der Waals surface area contributed by atoms with Crippen LogP contribution in [0.3, 0.4) is 0 Å². The number of carbonyl (C=O) groups excluding carboxylic acids is 4. The maximum absolute atomic E-state index is 12.3. The lowest BCUT2D eigenvalue weighted by atomic mass is 9.98. The number of pyridine rings is 2. The zero-order chi connectivity index (χ0) is 35.3. The number of aromatic nitrogens is 2. The van der Waals surface area contributed by atoms with E-state index in [1.54, 1.807) is 13.8 Å². The van der Waals surface area contributed by atoms with Gasteiger partial charge in [-0.3, -0.25) is 29.0 Å². The van der Waals surface area contributed by atoms with Crippen molar-refractivity contribution < 1.29 is 19.2 Å². The number of anilines is 2. The molecule has 0 saturated carbocycles. The predicted octanol–water partition coefficient (Wildman–Crippen LogP) is 5.27.